The van der Waals surface area contributed by atoms with Crippen molar-refractivity contribution in [1.29, 1.82) is 0 Å². The highest BCUT2D eigenvalue weighted by Gasteiger charge is 2.16. The summed E-state index contributed by atoms with van der Waals surface area (Å²) in [7, 11) is 1.68. The minimum atomic E-state index is -0.697. The predicted molar refractivity (Wildman–Crippen MR) is 77.5 cm³/mol. The number of carbonyl (C=O) groups excluding carboxylic acids is 3. The number of carbonyl (C=O) groups is 3. The Bertz CT molecular complexity index is 692. The average molecular weight is 327 g/mol. The highest BCUT2D eigenvalue weighted by Crippen LogP contribution is 2.21. The number of hydrogen-bond acceptors (Lipinski definition) is 5. The Balaban J connectivity index is 1.84. The number of hydrogen-bond donors (Lipinski definition) is 1. The van der Waals surface area contributed by atoms with Crippen molar-refractivity contribution in [3.8, 4) is 0 Å². The molecule has 8 heteroatoms. The molecule has 0 saturated carbocycles. The largest absolute Gasteiger partial charge is 0.451 e. The molecule has 2 rings (SSSR count). The highest BCUT2D eigenvalue weighted by atomic mass is 35.5. The van der Waals surface area contributed by atoms with Gasteiger partial charge in [0.2, 0.25) is 0 Å². The Morgan fingerprint density at radius 1 is 1.33 bits per heavy atom. The topological polar surface area (TPSA) is 77.4 Å². The van der Waals surface area contributed by atoms with Crippen LogP contribution in [0.15, 0.2) is 30.5 Å². The fraction of sp³-hybridized carbons (Fsp3) is 0.154. The van der Waals surface area contributed by atoms with Crippen LogP contribution in [0.1, 0.15) is 20.2 Å². The van der Waals surface area contributed by atoms with Gasteiger partial charge < -0.3 is 9.30 Å². The first-order chi connectivity index (χ1) is 9.97. The van der Waals surface area contributed by atoms with Gasteiger partial charge in [-0.3, -0.25) is 14.9 Å². The maximum atomic E-state index is 11.7. The summed E-state index contributed by atoms with van der Waals surface area (Å²) < 4.78 is 6.81. The van der Waals surface area contributed by atoms with Crippen molar-refractivity contribution in [3.63, 3.8) is 0 Å². The van der Waals surface area contributed by atoms with Gasteiger partial charge in [0.1, 0.15) is 10.6 Å². The zero-order valence-corrected chi connectivity index (χ0v) is 12.5. The van der Waals surface area contributed by atoms with Crippen LogP contribution in [0.2, 0.25) is 4.34 Å². The van der Waals surface area contributed by atoms with Crippen LogP contribution in [0, 0.1) is 0 Å². The minimum absolute atomic E-state index is 0.293. The summed E-state index contributed by atoms with van der Waals surface area (Å²) in [6, 6.07) is 6.31. The SMILES string of the molecule is Cn1cccc1C(=O)NC(=O)COC(=O)c1ccc(Cl)s1. The van der Waals surface area contributed by atoms with Crippen LogP contribution in [0.3, 0.4) is 0 Å². The van der Waals surface area contributed by atoms with Crippen LogP contribution in [-0.2, 0) is 16.6 Å². The molecule has 0 aliphatic rings. The van der Waals surface area contributed by atoms with Gasteiger partial charge >= 0.3 is 5.97 Å². The maximum absolute atomic E-state index is 11.7. The van der Waals surface area contributed by atoms with E-state index in [1.165, 1.54) is 6.07 Å². The molecular weight excluding hydrogens is 316 g/mol. The summed E-state index contributed by atoms with van der Waals surface area (Å²) in [4.78, 5) is 35.2. The van der Waals surface area contributed by atoms with Crippen molar-refractivity contribution >= 4 is 40.7 Å². The lowest BCUT2D eigenvalue weighted by Crippen LogP contribution is -2.35. The molecule has 110 valence electrons. The van der Waals surface area contributed by atoms with E-state index in [0.29, 0.717) is 14.9 Å². The van der Waals surface area contributed by atoms with Crippen molar-refractivity contribution < 1.29 is 19.1 Å². The summed E-state index contributed by atoms with van der Waals surface area (Å²) in [6.45, 7) is -0.537. The molecule has 0 aliphatic carbocycles. The molecule has 1 N–H and O–H groups in total. The molecule has 2 amide bonds. The number of thiophene rings is 1. The van der Waals surface area contributed by atoms with Gasteiger partial charge in [-0.25, -0.2) is 4.79 Å². The number of halogens is 1. The number of nitrogens with zero attached hydrogens (tertiary/aromatic N) is 1. The van der Waals surface area contributed by atoms with Crippen molar-refractivity contribution in [1.82, 2.24) is 9.88 Å². The summed E-state index contributed by atoms with van der Waals surface area (Å²) >= 11 is 6.74. The quantitative estimate of drug-likeness (QED) is 0.870. The first-order valence-electron chi connectivity index (χ1n) is 5.85. The Morgan fingerprint density at radius 3 is 2.67 bits per heavy atom. The van der Waals surface area contributed by atoms with Gasteiger partial charge in [0.15, 0.2) is 6.61 Å². The van der Waals surface area contributed by atoms with E-state index in [1.54, 1.807) is 36.0 Å². The van der Waals surface area contributed by atoms with Crippen LogP contribution in [0.4, 0.5) is 0 Å². The molecule has 6 nitrogen and oxygen atoms in total. The molecule has 0 bridgehead atoms. The van der Waals surface area contributed by atoms with E-state index >= 15 is 0 Å². The van der Waals surface area contributed by atoms with Crippen molar-refractivity contribution in [2.45, 2.75) is 0 Å². The smallest absolute Gasteiger partial charge is 0.348 e. The zero-order chi connectivity index (χ0) is 15.4. The fourth-order valence-electron chi connectivity index (χ4n) is 1.55. The van der Waals surface area contributed by atoms with Gasteiger partial charge in [-0.2, -0.15) is 0 Å². The van der Waals surface area contributed by atoms with Crippen molar-refractivity contribution in [2.24, 2.45) is 7.05 Å². The number of imide groups is 1. The summed E-state index contributed by atoms with van der Waals surface area (Å²) in [5.41, 5.74) is 0.333. The number of ether oxygens (including phenoxy) is 1. The Morgan fingerprint density at radius 2 is 2.10 bits per heavy atom. The van der Waals surface area contributed by atoms with E-state index in [-0.39, 0.29) is 0 Å². The summed E-state index contributed by atoms with van der Waals surface area (Å²) in [5, 5.41) is 2.14. The average Bonchev–Trinajstić information content (AvgIpc) is 3.04. The van der Waals surface area contributed by atoms with Gasteiger partial charge in [-0.15, -0.1) is 11.3 Å². The molecule has 21 heavy (non-hydrogen) atoms. The van der Waals surface area contributed by atoms with Gasteiger partial charge in [-0.1, -0.05) is 11.6 Å². The Kier molecular flexibility index (Phi) is 4.77. The highest BCUT2D eigenvalue weighted by molar-refractivity contribution is 7.17. The number of nitrogens with one attached hydrogen (secondary N) is 1. The van der Waals surface area contributed by atoms with Crippen molar-refractivity contribution in [3.05, 3.63) is 45.4 Å². The lowest BCUT2D eigenvalue weighted by molar-refractivity contribution is -0.123. The normalized spacial score (nSPS) is 10.2. The molecule has 2 heterocycles. The van der Waals surface area contributed by atoms with Crippen LogP contribution in [0.5, 0.6) is 0 Å². The molecule has 0 spiro atoms. The van der Waals surface area contributed by atoms with E-state index in [1.807, 2.05) is 0 Å². The summed E-state index contributed by atoms with van der Waals surface area (Å²) in [5.74, 6) is -1.91. The lowest BCUT2D eigenvalue weighted by atomic mass is 10.4. The number of amides is 2. The van der Waals surface area contributed by atoms with E-state index in [9.17, 15) is 14.4 Å². The molecule has 0 unspecified atom stereocenters. The predicted octanol–water partition coefficient (Wildman–Crippen LogP) is 1.85. The van der Waals surface area contributed by atoms with Crippen LogP contribution in [0.25, 0.3) is 0 Å². The zero-order valence-electron chi connectivity index (χ0n) is 11.0. The standard InChI is InChI=1S/C13H11ClN2O4S/c1-16-6-2-3-8(16)12(18)15-11(17)7-20-13(19)9-4-5-10(14)21-9/h2-6H,7H2,1H3,(H,15,17,18). The molecule has 0 aliphatic heterocycles. The van der Waals surface area contributed by atoms with E-state index in [2.05, 4.69) is 5.32 Å². The van der Waals surface area contributed by atoms with Gasteiger partial charge in [0.05, 0.1) is 4.34 Å². The maximum Gasteiger partial charge on any atom is 0.348 e. The first kappa shape index (κ1) is 15.3. The third-order valence-electron chi connectivity index (χ3n) is 2.54. The van der Waals surface area contributed by atoms with Crippen LogP contribution in [-0.4, -0.2) is 29.0 Å². The minimum Gasteiger partial charge on any atom is -0.451 e. The number of aryl methyl sites for hydroxylation is 1. The molecule has 2 aromatic heterocycles. The van der Waals surface area contributed by atoms with E-state index in [4.69, 9.17) is 16.3 Å². The van der Waals surface area contributed by atoms with Crippen molar-refractivity contribution in [2.75, 3.05) is 6.61 Å². The first-order valence-corrected chi connectivity index (χ1v) is 7.05. The Labute approximate surface area is 129 Å². The van der Waals surface area contributed by atoms with Gasteiger partial charge in [-0.05, 0) is 24.3 Å². The Hall–Kier alpha value is -2.12. The van der Waals surface area contributed by atoms with Crippen LogP contribution >= 0.6 is 22.9 Å². The monoisotopic (exact) mass is 326 g/mol. The molecule has 0 aromatic carbocycles. The molecule has 2 aromatic rings. The third kappa shape index (κ3) is 3.93. The third-order valence-corrected chi connectivity index (χ3v) is 3.75. The second kappa shape index (κ2) is 6.55. The second-order valence-electron chi connectivity index (χ2n) is 4.06. The molecule has 0 saturated heterocycles. The van der Waals surface area contributed by atoms with E-state index < -0.39 is 24.4 Å². The molecular formula is C13H11ClN2O4S. The summed E-state index contributed by atoms with van der Waals surface area (Å²) in [6.07, 6.45) is 1.68. The van der Waals surface area contributed by atoms with Gasteiger partial charge in [0.25, 0.3) is 11.8 Å². The molecule has 0 radical (unpaired) electrons. The van der Waals surface area contributed by atoms with E-state index in [0.717, 1.165) is 11.3 Å². The molecule has 0 atom stereocenters. The lowest BCUT2D eigenvalue weighted by Gasteiger charge is -2.05. The number of rotatable bonds is 4. The second-order valence-corrected chi connectivity index (χ2v) is 5.78. The van der Waals surface area contributed by atoms with Gasteiger partial charge in [0, 0.05) is 13.2 Å². The molecule has 0 fully saturated rings. The number of esters is 1. The number of aromatic nitrogens is 1. The fourth-order valence-corrected chi connectivity index (χ4v) is 2.49. The van der Waals surface area contributed by atoms with Crippen LogP contribution < -0.4 is 5.32 Å².